The highest BCUT2D eigenvalue weighted by molar-refractivity contribution is 6.23. The van der Waals surface area contributed by atoms with E-state index >= 15 is 0 Å². The van der Waals surface area contributed by atoms with Gasteiger partial charge in [-0.3, -0.25) is 0 Å². The molecule has 0 saturated heterocycles. The molecule has 0 spiro atoms. The number of rotatable bonds is 3. The zero-order valence-electron chi connectivity index (χ0n) is 25.5. The molecule has 9 rings (SSSR count). The molecular formula is C45H32. The Hall–Kier alpha value is -5.46. The summed E-state index contributed by atoms with van der Waals surface area (Å²) in [4.78, 5) is 0. The predicted molar refractivity (Wildman–Crippen MR) is 193 cm³/mol. The highest BCUT2D eigenvalue weighted by Gasteiger charge is 2.35. The van der Waals surface area contributed by atoms with Crippen molar-refractivity contribution in [2.24, 2.45) is 0 Å². The van der Waals surface area contributed by atoms with Gasteiger partial charge in [0.05, 0.1) is 0 Å². The Morgan fingerprint density at radius 3 is 1.60 bits per heavy atom. The van der Waals surface area contributed by atoms with Crippen LogP contribution < -0.4 is 0 Å². The third-order valence-electron chi connectivity index (χ3n) is 10.1. The summed E-state index contributed by atoms with van der Waals surface area (Å²) in [7, 11) is 0. The molecular weight excluding hydrogens is 540 g/mol. The van der Waals surface area contributed by atoms with Crippen molar-refractivity contribution >= 4 is 32.3 Å². The normalized spacial score (nSPS) is 13.3. The molecule has 1 aliphatic carbocycles. The van der Waals surface area contributed by atoms with Crippen LogP contribution in [0.25, 0.3) is 76.8 Å². The zero-order chi connectivity index (χ0) is 30.1. The summed E-state index contributed by atoms with van der Waals surface area (Å²) < 4.78 is 0. The van der Waals surface area contributed by atoms with Gasteiger partial charge in [-0.05, 0) is 94.0 Å². The van der Waals surface area contributed by atoms with Gasteiger partial charge >= 0.3 is 0 Å². The molecule has 0 amide bonds. The van der Waals surface area contributed by atoms with Crippen molar-refractivity contribution in [3.05, 3.63) is 169 Å². The summed E-state index contributed by atoms with van der Waals surface area (Å²) in [5, 5.41) is 7.65. The number of hydrogen-bond acceptors (Lipinski definition) is 0. The minimum absolute atomic E-state index is 0.0115. The van der Waals surface area contributed by atoms with Gasteiger partial charge in [0.25, 0.3) is 0 Å². The van der Waals surface area contributed by atoms with E-state index in [-0.39, 0.29) is 5.41 Å². The minimum Gasteiger partial charge on any atom is -0.0622 e. The number of fused-ring (bicyclic) bond motifs is 6. The van der Waals surface area contributed by atoms with E-state index in [4.69, 9.17) is 0 Å². The molecule has 0 aliphatic heterocycles. The largest absolute Gasteiger partial charge is 0.0622 e. The van der Waals surface area contributed by atoms with E-state index in [0.717, 1.165) is 0 Å². The van der Waals surface area contributed by atoms with Crippen molar-refractivity contribution < 1.29 is 0 Å². The fraction of sp³-hybridized carbons (Fsp3) is 0.0667. The maximum Gasteiger partial charge on any atom is 0.0158 e. The minimum atomic E-state index is -0.0115. The summed E-state index contributed by atoms with van der Waals surface area (Å²) in [5.41, 5.74) is 13.2. The molecule has 45 heavy (non-hydrogen) atoms. The van der Waals surface area contributed by atoms with E-state index in [2.05, 4.69) is 172 Å². The number of hydrogen-bond donors (Lipinski definition) is 0. The topological polar surface area (TPSA) is 0 Å². The summed E-state index contributed by atoms with van der Waals surface area (Å²) >= 11 is 0. The van der Waals surface area contributed by atoms with Crippen LogP contribution in [0.3, 0.4) is 0 Å². The standard InChI is InChI=1S/C45H32/c1-45(2)40-23-13-12-18-33(40)39-28-31(25-27-41(39)45)43-34-19-8-10-21-36(34)44(37-22-11-9-20-35(37)43)38-26-24-29-14-6-7-17-32(29)42(38)30-15-4-3-5-16-30/h3-28H,1-2H3. The van der Waals surface area contributed by atoms with Crippen molar-refractivity contribution in [2.75, 3.05) is 0 Å². The van der Waals surface area contributed by atoms with Gasteiger partial charge in [0.1, 0.15) is 0 Å². The second-order valence-electron chi connectivity index (χ2n) is 12.8. The quantitative estimate of drug-likeness (QED) is 0.185. The van der Waals surface area contributed by atoms with Crippen molar-refractivity contribution in [3.63, 3.8) is 0 Å². The van der Waals surface area contributed by atoms with Gasteiger partial charge in [-0.25, -0.2) is 0 Å². The van der Waals surface area contributed by atoms with Gasteiger partial charge in [0.15, 0.2) is 0 Å². The van der Waals surface area contributed by atoms with Crippen LogP contribution in [0.4, 0.5) is 0 Å². The molecule has 0 heteroatoms. The molecule has 1 aliphatic rings. The molecule has 0 unspecified atom stereocenters. The maximum absolute atomic E-state index is 2.45. The Morgan fingerprint density at radius 2 is 0.889 bits per heavy atom. The molecule has 0 atom stereocenters. The summed E-state index contributed by atoms with van der Waals surface area (Å²) in [6.45, 7) is 4.70. The molecule has 0 aromatic heterocycles. The number of benzene rings is 8. The van der Waals surface area contributed by atoms with Gasteiger partial charge in [-0.15, -0.1) is 0 Å². The molecule has 8 aromatic rings. The van der Waals surface area contributed by atoms with Crippen molar-refractivity contribution in [1.82, 2.24) is 0 Å². The first-order chi connectivity index (χ1) is 22.1. The van der Waals surface area contributed by atoms with Gasteiger partial charge in [-0.2, -0.15) is 0 Å². The highest BCUT2D eigenvalue weighted by Crippen LogP contribution is 2.52. The molecule has 212 valence electrons. The van der Waals surface area contributed by atoms with E-state index < -0.39 is 0 Å². The monoisotopic (exact) mass is 572 g/mol. The van der Waals surface area contributed by atoms with Crippen LogP contribution in [0.5, 0.6) is 0 Å². The predicted octanol–water partition coefficient (Wildman–Crippen LogP) is 12.5. The lowest BCUT2D eigenvalue weighted by Crippen LogP contribution is -2.14. The van der Waals surface area contributed by atoms with Crippen LogP contribution in [0.2, 0.25) is 0 Å². The molecule has 8 aromatic carbocycles. The van der Waals surface area contributed by atoms with E-state index in [0.29, 0.717) is 0 Å². The van der Waals surface area contributed by atoms with Gasteiger partial charge in [-0.1, -0.05) is 166 Å². The van der Waals surface area contributed by atoms with Crippen LogP contribution in [0.1, 0.15) is 25.0 Å². The molecule has 0 heterocycles. The van der Waals surface area contributed by atoms with Gasteiger partial charge in [0.2, 0.25) is 0 Å². The van der Waals surface area contributed by atoms with Crippen LogP contribution in [0, 0.1) is 0 Å². The Morgan fingerprint density at radius 1 is 0.333 bits per heavy atom. The molecule has 0 radical (unpaired) electrons. The van der Waals surface area contributed by atoms with Gasteiger partial charge < -0.3 is 0 Å². The van der Waals surface area contributed by atoms with E-state index in [1.54, 1.807) is 0 Å². The van der Waals surface area contributed by atoms with Crippen LogP contribution in [-0.2, 0) is 5.41 Å². The first-order valence-corrected chi connectivity index (χ1v) is 15.9. The first-order valence-electron chi connectivity index (χ1n) is 15.9. The SMILES string of the molecule is CC1(C)c2ccccc2-c2cc(-c3c4ccccc4c(-c4ccc5ccccc5c4-c4ccccc4)c4ccccc34)ccc21. The smallest absolute Gasteiger partial charge is 0.0158 e. The molecule has 0 fully saturated rings. The molecule has 0 N–H and O–H groups in total. The Balaban J connectivity index is 1.39. The highest BCUT2D eigenvalue weighted by atomic mass is 14.4. The second kappa shape index (κ2) is 9.78. The lowest BCUT2D eigenvalue weighted by Gasteiger charge is -2.22. The lowest BCUT2D eigenvalue weighted by atomic mass is 9.81. The second-order valence-corrected chi connectivity index (χ2v) is 12.8. The summed E-state index contributed by atoms with van der Waals surface area (Å²) in [5.74, 6) is 0. The average Bonchev–Trinajstić information content (AvgIpc) is 3.32. The molecule has 0 nitrogen and oxygen atoms in total. The summed E-state index contributed by atoms with van der Waals surface area (Å²) in [6, 6.07) is 58.4. The third kappa shape index (κ3) is 3.79. The lowest BCUT2D eigenvalue weighted by molar-refractivity contribution is 0.660. The molecule has 0 bridgehead atoms. The van der Waals surface area contributed by atoms with E-state index in [9.17, 15) is 0 Å². The van der Waals surface area contributed by atoms with Crippen molar-refractivity contribution in [1.29, 1.82) is 0 Å². The van der Waals surface area contributed by atoms with Crippen molar-refractivity contribution in [3.8, 4) is 44.5 Å². The fourth-order valence-electron chi connectivity index (χ4n) is 8.00. The third-order valence-corrected chi connectivity index (χ3v) is 10.1. The first kappa shape index (κ1) is 26.0. The Labute approximate surface area is 264 Å². The Bertz CT molecular complexity index is 2390. The van der Waals surface area contributed by atoms with Gasteiger partial charge in [0, 0.05) is 5.41 Å². The zero-order valence-corrected chi connectivity index (χ0v) is 25.5. The summed E-state index contributed by atoms with van der Waals surface area (Å²) in [6.07, 6.45) is 0. The van der Waals surface area contributed by atoms with E-state index in [1.165, 1.54) is 88.0 Å². The Kier molecular flexibility index (Phi) is 5.64. The van der Waals surface area contributed by atoms with Crippen LogP contribution in [0.15, 0.2) is 158 Å². The average molecular weight is 573 g/mol. The van der Waals surface area contributed by atoms with Crippen LogP contribution in [-0.4, -0.2) is 0 Å². The van der Waals surface area contributed by atoms with E-state index in [1.807, 2.05) is 0 Å². The van der Waals surface area contributed by atoms with Crippen LogP contribution >= 0.6 is 0 Å². The maximum atomic E-state index is 2.45. The fourth-order valence-corrected chi connectivity index (χ4v) is 8.00. The molecule has 0 saturated carbocycles. The van der Waals surface area contributed by atoms with Crippen molar-refractivity contribution in [2.45, 2.75) is 19.3 Å².